The smallest absolute Gasteiger partial charge is 0.208 e. The molecule has 1 N–H and O–H groups in total. The monoisotopic (exact) mass is 410 g/mol. The summed E-state index contributed by atoms with van der Waals surface area (Å²) < 4.78 is 1.86. The van der Waals surface area contributed by atoms with E-state index in [4.69, 9.17) is 0 Å². The van der Waals surface area contributed by atoms with Crippen LogP contribution >= 0.6 is 11.3 Å². The molecule has 0 amide bonds. The third kappa shape index (κ3) is 3.11. The van der Waals surface area contributed by atoms with Crippen LogP contribution in [0.1, 0.15) is 26.2 Å². The van der Waals surface area contributed by atoms with E-state index in [1.807, 2.05) is 22.9 Å². The second-order valence-corrected chi connectivity index (χ2v) is 9.58. The Morgan fingerprint density at radius 3 is 2.86 bits per heavy atom. The molecule has 2 saturated heterocycles. The van der Waals surface area contributed by atoms with Gasteiger partial charge in [-0.15, -0.1) is 10.2 Å². The first-order valence-electron chi connectivity index (χ1n) is 10.0. The molecule has 3 atom stereocenters. The standard InChI is InChI=1S/C21H26N6OS/c1-21-7-6-14(12-25(21)2)17(11-21)26(3)20-24-23-19(29-20)16-5-4-15(10-18(16)28)27-9-8-22-13-27/h4-5,8-10,13-14,17,28H,6-7,11-12H2,1-3H3/t14-,17-,21-/m1/s1. The van der Waals surface area contributed by atoms with Gasteiger partial charge in [0.25, 0.3) is 0 Å². The number of hydrogen-bond donors (Lipinski definition) is 1. The van der Waals surface area contributed by atoms with Crippen molar-refractivity contribution in [1.29, 1.82) is 0 Å². The van der Waals surface area contributed by atoms with E-state index in [0.29, 0.717) is 17.5 Å². The topological polar surface area (TPSA) is 70.3 Å². The number of rotatable bonds is 4. The van der Waals surface area contributed by atoms with Crippen molar-refractivity contribution in [2.45, 2.75) is 37.8 Å². The number of aromatic hydroxyl groups is 1. The molecule has 2 aliphatic heterocycles. The van der Waals surface area contributed by atoms with E-state index in [1.165, 1.54) is 12.8 Å². The van der Waals surface area contributed by atoms with Gasteiger partial charge in [0.2, 0.25) is 5.13 Å². The third-order valence-electron chi connectivity index (χ3n) is 6.90. The predicted octanol–water partition coefficient (Wildman–Crippen LogP) is 3.41. The van der Waals surface area contributed by atoms with Crippen LogP contribution < -0.4 is 4.90 Å². The van der Waals surface area contributed by atoms with Crippen molar-refractivity contribution < 1.29 is 5.11 Å². The van der Waals surface area contributed by atoms with E-state index in [0.717, 1.165) is 28.8 Å². The van der Waals surface area contributed by atoms with Crippen LogP contribution in [0, 0.1) is 5.92 Å². The summed E-state index contributed by atoms with van der Waals surface area (Å²) in [4.78, 5) is 8.89. The zero-order valence-electron chi connectivity index (χ0n) is 17.0. The summed E-state index contributed by atoms with van der Waals surface area (Å²) >= 11 is 1.54. The van der Waals surface area contributed by atoms with Crippen molar-refractivity contribution in [2.75, 3.05) is 25.5 Å². The number of anilines is 1. The Kier molecular flexibility index (Phi) is 4.36. The molecule has 1 aromatic carbocycles. The van der Waals surface area contributed by atoms with Crippen LogP contribution in [0.4, 0.5) is 5.13 Å². The summed E-state index contributed by atoms with van der Waals surface area (Å²) in [5, 5.41) is 21.1. The van der Waals surface area contributed by atoms with Gasteiger partial charge in [-0.2, -0.15) is 0 Å². The molecule has 7 nitrogen and oxygen atoms in total. The summed E-state index contributed by atoms with van der Waals surface area (Å²) in [6.07, 6.45) is 8.98. The van der Waals surface area contributed by atoms with Gasteiger partial charge in [0.15, 0.2) is 5.01 Å². The number of imidazole rings is 1. The summed E-state index contributed by atoms with van der Waals surface area (Å²) in [5.74, 6) is 0.870. The molecule has 3 fully saturated rings. The minimum absolute atomic E-state index is 0.201. The average molecular weight is 411 g/mol. The lowest BCUT2D eigenvalue weighted by atomic mass is 9.68. The quantitative estimate of drug-likeness (QED) is 0.711. The Balaban J connectivity index is 1.38. The highest BCUT2D eigenvalue weighted by Gasteiger charge is 2.48. The molecule has 1 aliphatic carbocycles. The number of phenols is 1. The molecule has 3 aromatic rings. The fourth-order valence-electron chi connectivity index (χ4n) is 4.88. The molecule has 0 spiro atoms. The van der Waals surface area contributed by atoms with Crippen LogP contribution in [0.25, 0.3) is 16.3 Å². The van der Waals surface area contributed by atoms with E-state index in [1.54, 1.807) is 29.9 Å². The highest BCUT2D eigenvalue weighted by Crippen LogP contribution is 2.45. The van der Waals surface area contributed by atoms with Gasteiger partial charge in [-0.25, -0.2) is 4.98 Å². The predicted molar refractivity (Wildman–Crippen MR) is 115 cm³/mol. The first kappa shape index (κ1) is 18.6. The van der Waals surface area contributed by atoms with Crippen LogP contribution in [-0.4, -0.2) is 62.0 Å². The lowest BCUT2D eigenvalue weighted by Crippen LogP contribution is -2.63. The molecule has 0 unspecified atom stereocenters. The van der Waals surface area contributed by atoms with Gasteiger partial charge in [-0.05, 0) is 51.3 Å². The number of phenolic OH excluding ortho intramolecular Hbond substituents is 1. The minimum Gasteiger partial charge on any atom is -0.507 e. The maximum atomic E-state index is 10.6. The molecule has 29 heavy (non-hydrogen) atoms. The first-order valence-corrected chi connectivity index (χ1v) is 10.9. The van der Waals surface area contributed by atoms with Crippen LogP contribution in [-0.2, 0) is 0 Å². The van der Waals surface area contributed by atoms with Crippen molar-refractivity contribution in [1.82, 2.24) is 24.6 Å². The fourth-order valence-corrected chi connectivity index (χ4v) is 5.77. The molecular formula is C21H26N6OS. The van der Waals surface area contributed by atoms with Gasteiger partial charge in [-0.1, -0.05) is 11.3 Å². The molecule has 2 aromatic heterocycles. The Morgan fingerprint density at radius 1 is 1.31 bits per heavy atom. The van der Waals surface area contributed by atoms with Crippen LogP contribution in [0.5, 0.6) is 5.75 Å². The molecule has 8 heteroatoms. The number of hydrogen-bond acceptors (Lipinski definition) is 7. The zero-order valence-corrected chi connectivity index (χ0v) is 17.8. The van der Waals surface area contributed by atoms with E-state index < -0.39 is 0 Å². The lowest BCUT2D eigenvalue weighted by molar-refractivity contribution is -0.0164. The van der Waals surface area contributed by atoms with Gasteiger partial charge in [0.05, 0.1) is 17.6 Å². The van der Waals surface area contributed by atoms with Gasteiger partial charge in [0.1, 0.15) is 5.75 Å². The van der Waals surface area contributed by atoms with Gasteiger partial charge >= 0.3 is 0 Å². The van der Waals surface area contributed by atoms with Crippen molar-refractivity contribution in [3.8, 4) is 22.0 Å². The number of aromatic nitrogens is 4. The Morgan fingerprint density at radius 2 is 2.17 bits per heavy atom. The second-order valence-electron chi connectivity index (χ2n) is 8.62. The van der Waals surface area contributed by atoms with E-state index in [9.17, 15) is 5.11 Å². The molecule has 0 radical (unpaired) electrons. The summed E-state index contributed by atoms with van der Waals surface area (Å²) in [6.45, 7) is 3.53. The maximum Gasteiger partial charge on any atom is 0.208 e. The van der Waals surface area contributed by atoms with Crippen LogP contribution in [0.2, 0.25) is 0 Å². The summed E-state index contributed by atoms with van der Waals surface area (Å²) in [5.41, 5.74) is 1.85. The normalized spacial score (nSPS) is 26.7. The van der Waals surface area contributed by atoms with Gasteiger partial charge in [0, 0.05) is 43.6 Å². The van der Waals surface area contributed by atoms with E-state index in [-0.39, 0.29) is 11.3 Å². The molecule has 2 bridgehead atoms. The SMILES string of the molecule is CN(c1nnc(-c2ccc(-n3ccnc3)cc2O)s1)[C@@H]1C[C@@]2(C)CC[C@@H]1CN2C. The maximum absolute atomic E-state index is 10.6. The molecule has 152 valence electrons. The zero-order chi connectivity index (χ0) is 20.2. The summed E-state index contributed by atoms with van der Waals surface area (Å²) in [6, 6.07) is 6.08. The van der Waals surface area contributed by atoms with Crippen LogP contribution in [0.3, 0.4) is 0 Å². The molecule has 1 saturated carbocycles. The Bertz CT molecular complexity index is 1020. The van der Waals surface area contributed by atoms with E-state index >= 15 is 0 Å². The Hall–Kier alpha value is -2.45. The number of piperidine rings is 2. The summed E-state index contributed by atoms with van der Waals surface area (Å²) in [7, 11) is 4.39. The first-order chi connectivity index (χ1) is 13.9. The fraction of sp³-hybridized carbons (Fsp3) is 0.476. The lowest BCUT2D eigenvalue weighted by Gasteiger charge is -2.56. The largest absolute Gasteiger partial charge is 0.507 e. The molecular weight excluding hydrogens is 384 g/mol. The van der Waals surface area contributed by atoms with Crippen molar-refractivity contribution in [3.63, 3.8) is 0 Å². The van der Waals surface area contributed by atoms with Crippen LogP contribution in [0.15, 0.2) is 36.9 Å². The minimum atomic E-state index is 0.201. The third-order valence-corrected chi connectivity index (χ3v) is 7.95. The highest BCUT2D eigenvalue weighted by atomic mass is 32.1. The van der Waals surface area contributed by atoms with Gasteiger partial charge in [-0.3, -0.25) is 0 Å². The molecule has 4 heterocycles. The number of fused-ring (bicyclic) bond motifs is 3. The van der Waals surface area contributed by atoms with E-state index in [2.05, 4.69) is 46.0 Å². The van der Waals surface area contributed by atoms with Crippen molar-refractivity contribution in [3.05, 3.63) is 36.9 Å². The highest BCUT2D eigenvalue weighted by molar-refractivity contribution is 7.18. The molecule has 3 aliphatic rings. The number of benzene rings is 1. The Labute approximate surface area is 174 Å². The van der Waals surface area contributed by atoms with Gasteiger partial charge < -0.3 is 19.5 Å². The number of nitrogens with zero attached hydrogens (tertiary/aromatic N) is 6. The van der Waals surface area contributed by atoms with Crippen molar-refractivity contribution >= 4 is 16.5 Å². The molecule has 6 rings (SSSR count). The second kappa shape index (κ2) is 6.81. The van der Waals surface area contributed by atoms with Crippen molar-refractivity contribution in [2.24, 2.45) is 5.92 Å². The average Bonchev–Trinajstić information content (AvgIpc) is 3.40.